The third-order valence-electron chi connectivity index (χ3n) is 6.81. The Morgan fingerprint density at radius 1 is 1.31 bits per heavy atom. The van der Waals surface area contributed by atoms with Gasteiger partial charge in [-0.15, -0.1) is 0 Å². The molecule has 5 rings (SSSR count). The van der Waals surface area contributed by atoms with Crippen molar-refractivity contribution in [2.75, 3.05) is 62.7 Å². The third-order valence-corrected chi connectivity index (χ3v) is 7.08. The van der Waals surface area contributed by atoms with Gasteiger partial charge in [0.2, 0.25) is 5.91 Å². The summed E-state index contributed by atoms with van der Waals surface area (Å²) in [5.74, 6) is -0.845. The van der Waals surface area contributed by atoms with Gasteiger partial charge < -0.3 is 20.7 Å². The van der Waals surface area contributed by atoms with Crippen molar-refractivity contribution in [3.05, 3.63) is 17.4 Å². The van der Waals surface area contributed by atoms with E-state index in [4.69, 9.17) is 22.1 Å². The molecule has 0 aliphatic carbocycles. The molecule has 1 aromatic heterocycles. The summed E-state index contributed by atoms with van der Waals surface area (Å²) in [5, 5.41) is 8.23. The molecule has 4 aliphatic heterocycles. The lowest BCUT2D eigenvalue weighted by molar-refractivity contribution is -0.121. The molecule has 4 aliphatic rings. The van der Waals surface area contributed by atoms with Crippen molar-refractivity contribution < 1.29 is 13.9 Å². The number of aromatic nitrogens is 1. The maximum atomic E-state index is 13.7. The van der Waals surface area contributed by atoms with Crippen molar-refractivity contribution >= 4 is 28.9 Å². The predicted octanol–water partition coefficient (Wildman–Crippen LogP) is -0.427. The first-order valence-corrected chi connectivity index (χ1v) is 11.6. The number of piperazine rings is 1. The number of hydrazine groups is 1. The van der Waals surface area contributed by atoms with Gasteiger partial charge in [0.25, 0.3) is 0 Å². The first-order valence-electron chi connectivity index (χ1n) is 11.2. The zero-order chi connectivity index (χ0) is 22.2. The number of carbonyl (C=O) groups is 1. The Morgan fingerprint density at radius 3 is 2.88 bits per heavy atom. The maximum absolute atomic E-state index is 13.7. The van der Waals surface area contributed by atoms with E-state index in [0.717, 1.165) is 51.5 Å². The van der Waals surface area contributed by atoms with E-state index >= 15 is 0 Å². The Morgan fingerprint density at radius 2 is 2.12 bits per heavy atom. The van der Waals surface area contributed by atoms with Crippen LogP contribution in [-0.4, -0.2) is 97.8 Å². The molecule has 5 unspecified atom stereocenters. The molecule has 5 heterocycles. The van der Waals surface area contributed by atoms with Gasteiger partial charge in [-0.05, 0) is 6.42 Å². The van der Waals surface area contributed by atoms with Gasteiger partial charge in [0.15, 0.2) is 0 Å². The van der Waals surface area contributed by atoms with Gasteiger partial charge in [-0.25, -0.2) is 14.8 Å². The number of hydrogen-bond donors (Lipinski definition) is 4. The van der Waals surface area contributed by atoms with E-state index in [-0.39, 0.29) is 25.2 Å². The second-order valence-electron chi connectivity index (χ2n) is 8.83. The topological polar surface area (TPSA) is 111 Å². The van der Waals surface area contributed by atoms with Crippen LogP contribution in [0, 0.1) is 5.92 Å². The van der Waals surface area contributed by atoms with Gasteiger partial charge in [-0.3, -0.25) is 20.0 Å². The van der Waals surface area contributed by atoms with Crippen molar-refractivity contribution in [2.45, 2.75) is 31.0 Å². The average molecular weight is 469 g/mol. The van der Waals surface area contributed by atoms with Crippen LogP contribution in [0.4, 0.5) is 15.8 Å². The van der Waals surface area contributed by atoms with Crippen LogP contribution >= 0.6 is 11.6 Å². The van der Waals surface area contributed by atoms with E-state index < -0.39 is 18.3 Å². The number of pyridine rings is 1. The molecule has 5 N–H and O–H groups in total. The minimum Gasteiger partial charge on any atom is -0.380 e. The average Bonchev–Trinajstić information content (AvgIpc) is 3.41. The molecule has 1 amide bonds. The molecule has 4 fully saturated rings. The molecule has 0 bridgehead atoms. The quantitative estimate of drug-likeness (QED) is 0.468. The van der Waals surface area contributed by atoms with Crippen LogP contribution < -0.4 is 26.7 Å². The minimum absolute atomic E-state index is 0.190. The lowest BCUT2D eigenvalue weighted by Crippen LogP contribution is -2.58. The van der Waals surface area contributed by atoms with Crippen LogP contribution in [0.15, 0.2) is 12.4 Å². The monoisotopic (exact) mass is 468 g/mol. The highest BCUT2D eigenvalue weighted by Gasteiger charge is 2.47. The molecule has 12 heteroatoms. The van der Waals surface area contributed by atoms with E-state index in [0.29, 0.717) is 16.8 Å². The Hall–Kier alpha value is -1.60. The standard InChI is InChI=1S/C20H30ClFN8O2/c21-14-8-24-9-15(17(14)29-4-2-28(3-5-29)13-1-6-32-11-13)26-20(31)16-18(23)27-30-10-12(22)7-25-19(16)30/h8-9,12-13,16,18-19,25,27H,1-7,10-11,23H2,(H,26,31). The lowest BCUT2D eigenvalue weighted by Gasteiger charge is -2.39. The molecular weight excluding hydrogens is 439 g/mol. The van der Waals surface area contributed by atoms with Crippen LogP contribution in [-0.2, 0) is 9.53 Å². The molecule has 176 valence electrons. The van der Waals surface area contributed by atoms with Gasteiger partial charge in [-0.2, -0.15) is 0 Å². The number of alkyl halides is 1. The van der Waals surface area contributed by atoms with Crippen molar-refractivity contribution in [3.63, 3.8) is 0 Å². The lowest BCUT2D eigenvalue weighted by atomic mass is 10.0. The van der Waals surface area contributed by atoms with Crippen LogP contribution in [0.1, 0.15) is 6.42 Å². The SMILES string of the molecule is NC1NN2CC(F)CNC2C1C(=O)Nc1cncc(Cl)c1N1CCN(C2CCOC2)CC1. The van der Waals surface area contributed by atoms with Gasteiger partial charge in [-0.1, -0.05) is 11.6 Å². The van der Waals surface area contributed by atoms with E-state index in [1.165, 1.54) is 0 Å². The van der Waals surface area contributed by atoms with Gasteiger partial charge in [0.05, 0.1) is 47.5 Å². The highest BCUT2D eigenvalue weighted by molar-refractivity contribution is 6.34. The molecule has 1 aromatic rings. The number of amides is 1. The van der Waals surface area contributed by atoms with Crippen LogP contribution in [0.5, 0.6) is 0 Å². The van der Waals surface area contributed by atoms with Crippen molar-refractivity contribution in [2.24, 2.45) is 11.7 Å². The second kappa shape index (κ2) is 9.34. The van der Waals surface area contributed by atoms with Gasteiger partial charge in [0.1, 0.15) is 6.17 Å². The van der Waals surface area contributed by atoms with Crippen molar-refractivity contribution in [1.82, 2.24) is 25.6 Å². The fourth-order valence-electron chi connectivity index (χ4n) is 5.16. The third kappa shape index (κ3) is 4.30. The molecule has 0 radical (unpaired) electrons. The van der Waals surface area contributed by atoms with Crippen molar-refractivity contribution in [3.8, 4) is 0 Å². The molecule has 5 atom stereocenters. The number of halogens is 2. The Balaban J connectivity index is 1.29. The summed E-state index contributed by atoms with van der Waals surface area (Å²) in [4.78, 5) is 22.1. The molecule has 0 aromatic carbocycles. The number of rotatable bonds is 4. The number of anilines is 2. The Kier molecular flexibility index (Phi) is 6.48. The molecule has 10 nitrogen and oxygen atoms in total. The summed E-state index contributed by atoms with van der Waals surface area (Å²) in [5.41, 5.74) is 10.5. The normalized spacial score (nSPS) is 34.0. The first kappa shape index (κ1) is 22.2. The van der Waals surface area contributed by atoms with Crippen molar-refractivity contribution in [1.29, 1.82) is 0 Å². The van der Waals surface area contributed by atoms with E-state index in [1.54, 1.807) is 17.4 Å². The molecular formula is C20H30ClFN8O2. The number of nitrogens with zero attached hydrogens (tertiary/aromatic N) is 4. The second-order valence-corrected chi connectivity index (χ2v) is 9.24. The highest BCUT2D eigenvalue weighted by Crippen LogP contribution is 2.35. The minimum atomic E-state index is -1.01. The Bertz CT molecular complexity index is 836. The Labute approximate surface area is 191 Å². The van der Waals surface area contributed by atoms with Gasteiger partial charge >= 0.3 is 0 Å². The summed E-state index contributed by atoms with van der Waals surface area (Å²) >= 11 is 6.54. The fraction of sp³-hybridized carbons (Fsp3) is 0.700. The number of carbonyl (C=O) groups excluding carboxylic acids is 1. The number of hydrogen-bond acceptors (Lipinski definition) is 9. The summed E-state index contributed by atoms with van der Waals surface area (Å²) in [7, 11) is 0. The number of ether oxygens (including phenoxy) is 1. The number of nitrogens with two attached hydrogens (primary N) is 1. The fourth-order valence-corrected chi connectivity index (χ4v) is 5.43. The first-order chi connectivity index (χ1) is 15.5. The summed E-state index contributed by atoms with van der Waals surface area (Å²) in [6.07, 6.45) is 2.29. The van der Waals surface area contributed by atoms with E-state index in [9.17, 15) is 9.18 Å². The van der Waals surface area contributed by atoms with Crippen LogP contribution in [0.3, 0.4) is 0 Å². The van der Waals surface area contributed by atoms with Gasteiger partial charge in [0, 0.05) is 58.1 Å². The smallest absolute Gasteiger partial charge is 0.233 e. The number of fused-ring (bicyclic) bond motifs is 1. The molecule has 0 saturated carbocycles. The summed E-state index contributed by atoms with van der Waals surface area (Å²) in [6.45, 7) is 5.41. The van der Waals surface area contributed by atoms with E-state index in [1.807, 2.05) is 0 Å². The maximum Gasteiger partial charge on any atom is 0.233 e. The predicted molar refractivity (Wildman–Crippen MR) is 119 cm³/mol. The largest absolute Gasteiger partial charge is 0.380 e. The zero-order valence-electron chi connectivity index (χ0n) is 17.8. The summed E-state index contributed by atoms with van der Waals surface area (Å²) < 4.78 is 19.3. The van der Waals surface area contributed by atoms with Crippen LogP contribution in [0.25, 0.3) is 0 Å². The summed E-state index contributed by atoms with van der Waals surface area (Å²) in [6, 6.07) is 0.482. The number of nitrogens with one attached hydrogen (secondary N) is 3. The van der Waals surface area contributed by atoms with E-state index in [2.05, 4.69) is 30.8 Å². The molecule has 32 heavy (non-hydrogen) atoms. The molecule has 0 spiro atoms. The zero-order valence-corrected chi connectivity index (χ0v) is 18.6. The van der Waals surface area contributed by atoms with Crippen LogP contribution in [0.2, 0.25) is 5.02 Å². The highest BCUT2D eigenvalue weighted by atomic mass is 35.5. The molecule has 4 saturated heterocycles.